The lowest BCUT2D eigenvalue weighted by Crippen LogP contribution is -2.47. The number of hydrogen-bond donors (Lipinski definition) is 1. The van der Waals surface area contributed by atoms with Gasteiger partial charge in [-0.3, -0.25) is 4.79 Å². The zero-order chi connectivity index (χ0) is 20.1. The van der Waals surface area contributed by atoms with Crippen molar-refractivity contribution in [1.29, 1.82) is 0 Å². The highest BCUT2D eigenvalue weighted by atomic mass is 35.5. The molecular formula is C26H24ClNO. The minimum absolute atomic E-state index is 0.0656. The summed E-state index contributed by atoms with van der Waals surface area (Å²) in [6.45, 7) is 4.48. The van der Waals surface area contributed by atoms with Crippen LogP contribution in [0.3, 0.4) is 0 Å². The first-order valence-electron chi connectivity index (χ1n) is 10.3. The van der Waals surface area contributed by atoms with Crippen LogP contribution < -0.4 is 5.32 Å². The number of amides is 1. The minimum atomic E-state index is -0.124. The number of rotatable bonds is 3. The van der Waals surface area contributed by atoms with Crippen molar-refractivity contribution >= 4 is 23.2 Å². The number of halogens is 1. The summed E-state index contributed by atoms with van der Waals surface area (Å²) < 4.78 is 0. The molecule has 3 aromatic rings. The summed E-state index contributed by atoms with van der Waals surface area (Å²) in [6, 6.07) is 24.8. The van der Waals surface area contributed by atoms with E-state index in [2.05, 4.69) is 67.7 Å². The van der Waals surface area contributed by atoms with Crippen LogP contribution in [0.15, 0.2) is 72.8 Å². The predicted octanol–water partition coefficient (Wildman–Crippen LogP) is 6.46. The highest BCUT2D eigenvalue weighted by molar-refractivity contribution is 6.33. The lowest BCUT2D eigenvalue weighted by Gasteiger charge is -2.51. The number of anilines is 1. The molecule has 2 atom stereocenters. The van der Waals surface area contributed by atoms with Crippen LogP contribution in [0.25, 0.3) is 0 Å². The third kappa shape index (κ3) is 2.81. The zero-order valence-electron chi connectivity index (χ0n) is 16.6. The van der Waals surface area contributed by atoms with Crippen molar-refractivity contribution < 1.29 is 4.79 Å². The molecule has 0 aliphatic heterocycles. The number of fused-ring (bicyclic) bond motifs is 1. The van der Waals surface area contributed by atoms with E-state index in [9.17, 15) is 4.79 Å². The molecule has 3 heteroatoms. The highest BCUT2D eigenvalue weighted by Crippen LogP contribution is 2.60. The van der Waals surface area contributed by atoms with Crippen LogP contribution in [-0.4, -0.2) is 5.91 Å². The molecule has 0 spiro atoms. The number of nitrogens with one attached hydrogen (secondary N) is 1. The number of benzene rings is 3. The molecule has 2 bridgehead atoms. The number of carbonyl (C=O) groups is 1. The van der Waals surface area contributed by atoms with Crippen molar-refractivity contribution in [1.82, 2.24) is 0 Å². The van der Waals surface area contributed by atoms with Gasteiger partial charge in [0.25, 0.3) is 0 Å². The Hall–Kier alpha value is -2.58. The second-order valence-electron chi connectivity index (χ2n) is 8.53. The maximum absolute atomic E-state index is 13.7. The first-order valence-corrected chi connectivity index (χ1v) is 10.7. The number of carbonyl (C=O) groups excluding carboxylic acids is 1. The van der Waals surface area contributed by atoms with E-state index in [-0.39, 0.29) is 29.6 Å². The van der Waals surface area contributed by atoms with Gasteiger partial charge in [0.15, 0.2) is 0 Å². The van der Waals surface area contributed by atoms with E-state index >= 15 is 0 Å². The van der Waals surface area contributed by atoms with Crippen molar-refractivity contribution in [3.63, 3.8) is 0 Å². The molecule has 0 fully saturated rings. The summed E-state index contributed by atoms with van der Waals surface area (Å²) in [7, 11) is 0. The summed E-state index contributed by atoms with van der Waals surface area (Å²) in [6.07, 6.45) is 0. The molecule has 1 amide bonds. The second kappa shape index (κ2) is 7.03. The fourth-order valence-electron chi connectivity index (χ4n) is 5.63. The van der Waals surface area contributed by atoms with Gasteiger partial charge in [-0.15, -0.1) is 0 Å². The molecule has 0 saturated heterocycles. The van der Waals surface area contributed by atoms with Gasteiger partial charge in [0, 0.05) is 11.8 Å². The fraction of sp³-hybridized carbons (Fsp3) is 0.269. The van der Waals surface area contributed by atoms with Crippen LogP contribution in [0.4, 0.5) is 5.69 Å². The Balaban J connectivity index is 1.66. The van der Waals surface area contributed by atoms with E-state index in [0.29, 0.717) is 16.6 Å². The topological polar surface area (TPSA) is 29.1 Å². The molecule has 3 aliphatic carbocycles. The molecule has 0 heterocycles. The smallest absolute Gasteiger partial charge is 0.228 e. The average Bonchev–Trinajstić information content (AvgIpc) is 2.74. The monoisotopic (exact) mass is 401 g/mol. The fourth-order valence-corrected chi connectivity index (χ4v) is 5.81. The van der Waals surface area contributed by atoms with Crippen molar-refractivity contribution in [3.8, 4) is 0 Å². The first-order chi connectivity index (χ1) is 14.1. The van der Waals surface area contributed by atoms with Gasteiger partial charge in [0.1, 0.15) is 0 Å². The summed E-state index contributed by atoms with van der Waals surface area (Å²) in [5.41, 5.74) is 6.05. The Morgan fingerprint density at radius 1 is 0.793 bits per heavy atom. The van der Waals surface area contributed by atoms with E-state index in [1.165, 1.54) is 22.3 Å². The molecule has 3 aliphatic rings. The zero-order valence-corrected chi connectivity index (χ0v) is 17.4. The highest BCUT2D eigenvalue weighted by Gasteiger charge is 2.53. The van der Waals surface area contributed by atoms with Gasteiger partial charge in [-0.25, -0.2) is 0 Å². The van der Waals surface area contributed by atoms with Crippen LogP contribution in [0, 0.1) is 17.8 Å². The Bertz CT molecular complexity index is 1040. The molecule has 2 unspecified atom stereocenters. The Morgan fingerprint density at radius 3 is 1.79 bits per heavy atom. The van der Waals surface area contributed by atoms with Crippen molar-refractivity contribution in [2.45, 2.75) is 25.7 Å². The van der Waals surface area contributed by atoms with Crippen LogP contribution in [0.1, 0.15) is 47.9 Å². The van der Waals surface area contributed by atoms with E-state index in [0.717, 1.165) is 0 Å². The molecule has 0 radical (unpaired) electrons. The molecule has 1 N–H and O–H groups in total. The maximum atomic E-state index is 13.7. The van der Waals surface area contributed by atoms with Crippen LogP contribution in [0.5, 0.6) is 0 Å². The van der Waals surface area contributed by atoms with Gasteiger partial charge in [0.2, 0.25) is 5.91 Å². The third-order valence-corrected chi connectivity index (χ3v) is 7.02. The Labute approximate surface area is 176 Å². The van der Waals surface area contributed by atoms with Crippen molar-refractivity contribution in [2.24, 2.45) is 17.8 Å². The summed E-state index contributed by atoms with van der Waals surface area (Å²) in [5.74, 6) is 0.882. The molecule has 6 rings (SSSR count). The summed E-state index contributed by atoms with van der Waals surface area (Å²) in [4.78, 5) is 13.7. The van der Waals surface area contributed by atoms with E-state index < -0.39 is 0 Å². The lowest BCUT2D eigenvalue weighted by molar-refractivity contribution is -0.123. The number of hydrogen-bond acceptors (Lipinski definition) is 1. The van der Waals surface area contributed by atoms with E-state index in [1.54, 1.807) is 0 Å². The van der Waals surface area contributed by atoms with Crippen molar-refractivity contribution in [2.75, 3.05) is 5.32 Å². The lowest BCUT2D eigenvalue weighted by atomic mass is 9.52. The van der Waals surface area contributed by atoms with Crippen LogP contribution in [0.2, 0.25) is 5.02 Å². The molecular weight excluding hydrogens is 378 g/mol. The normalized spacial score (nSPS) is 24.1. The Kier molecular flexibility index (Phi) is 4.48. The molecule has 3 aromatic carbocycles. The minimum Gasteiger partial charge on any atom is -0.324 e. The Morgan fingerprint density at radius 2 is 1.28 bits per heavy atom. The molecule has 0 aromatic heterocycles. The summed E-state index contributed by atoms with van der Waals surface area (Å²) >= 11 is 6.33. The predicted molar refractivity (Wildman–Crippen MR) is 118 cm³/mol. The van der Waals surface area contributed by atoms with Gasteiger partial charge >= 0.3 is 0 Å². The van der Waals surface area contributed by atoms with Crippen molar-refractivity contribution in [3.05, 3.63) is 100 Å². The quantitative estimate of drug-likeness (QED) is 0.536. The van der Waals surface area contributed by atoms with Crippen LogP contribution in [-0.2, 0) is 4.79 Å². The van der Waals surface area contributed by atoms with Gasteiger partial charge in [0.05, 0.1) is 16.6 Å². The second-order valence-corrected chi connectivity index (χ2v) is 8.94. The average molecular weight is 402 g/mol. The summed E-state index contributed by atoms with van der Waals surface area (Å²) in [5, 5.41) is 3.71. The molecule has 146 valence electrons. The van der Waals surface area contributed by atoms with E-state index in [1.807, 2.05) is 24.3 Å². The van der Waals surface area contributed by atoms with E-state index in [4.69, 9.17) is 11.6 Å². The van der Waals surface area contributed by atoms with Gasteiger partial charge in [-0.2, -0.15) is 0 Å². The molecule has 29 heavy (non-hydrogen) atoms. The molecule has 0 saturated carbocycles. The van der Waals surface area contributed by atoms with Gasteiger partial charge in [-0.05, 0) is 46.2 Å². The standard InChI is InChI=1S/C26H24ClNO/c1-15(2)22-23-16-9-3-5-11-18(16)24(19-12-6-4-10-17(19)23)25(22)26(29)28-21-14-8-7-13-20(21)27/h3-15,22-25H,1-2H3,(H,28,29). The molecule has 2 nitrogen and oxygen atoms in total. The first kappa shape index (κ1) is 18.4. The van der Waals surface area contributed by atoms with Gasteiger partial charge in [-0.1, -0.05) is 86.1 Å². The largest absolute Gasteiger partial charge is 0.324 e. The number of para-hydroxylation sites is 1. The van der Waals surface area contributed by atoms with Crippen LogP contribution >= 0.6 is 11.6 Å². The maximum Gasteiger partial charge on any atom is 0.228 e. The van der Waals surface area contributed by atoms with Gasteiger partial charge < -0.3 is 5.32 Å². The third-order valence-electron chi connectivity index (χ3n) is 6.70. The SMILES string of the molecule is CC(C)C1C2c3ccccc3C(c3ccccc32)C1C(=O)Nc1ccccc1Cl.